The van der Waals surface area contributed by atoms with E-state index in [0.29, 0.717) is 31.5 Å². The second-order valence-corrected chi connectivity index (χ2v) is 7.88. The number of nitrogens with one attached hydrogen (secondary N) is 1. The minimum atomic E-state index is 0. The summed E-state index contributed by atoms with van der Waals surface area (Å²) in [6.07, 6.45) is 2.64. The molecule has 1 N–H and O–H groups in total. The van der Waals surface area contributed by atoms with Gasteiger partial charge in [-0.05, 0) is 44.3 Å². The number of hydrogen-bond donors (Lipinski definition) is 1. The average molecular weight is 409 g/mol. The minimum Gasteiger partial charge on any atom is -0.342 e. The Kier molecular flexibility index (Phi) is 8.58. The van der Waals surface area contributed by atoms with E-state index in [2.05, 4.69) is 5.32 Å². The predicted octanol–water partition coefficient (Wildman–Crippen LogP) is 2.44. The molecule has 1 aromatic rings. The van der Waals surface area contributed by atoms with Crippen molar-refractivity contribution in [1.29, 1.82) is 0 Å². The SMILES string of the molecule is CNCC1CCN(C(=O)C2CCN(C(=O)N(C)Cc3ccccc3)CC2)C1.Cl. The molecule has 7 heteroatoms. The third-order valence-electron chi connectivity index (χ3n) is 5.79. The second kappa shape index (κ2) is 10.7. The summed E-state index contributed by atoms with van der Waals surface area (Å²) in [7, 11) is 3.81. The summed E-state index contributed by atoms with van der Waals surface area (Å²) < 4.78 is 0. The molecule has 28 heavy (non-hydrogen) atoms. The number of rotatable bonds is 5. The van der Waals surface area contributed by atoms with Gasteiger partial charge < -0.3 is 20.0 Å². The molecule has 1 unspecified atom stereocenters. The van der Waals surface area contributed by atoms with Crippen LogP contribution in [0.4, 0.5) is 4.79 Å². The molecule has 2 aliphatic heterocycles. The Morgan fingerprint density at radius 2 is 1.71 bits per heavy atom. The molecular formula is C21H33ClN4O2. The van der Waals surface area contributed by atoms with Crippen molar-refractivity contribution < 1.29 is 9.59 Å². The zero-order chi connectivity index (χ0) is 19.2. The number of carbonyl (C=O) groups excluding carboxylic acids is 2. The van der Waals surface area contributed by atoms with Crippen LogP contribution in [0.25, 0.3) is 0 Å². The largest absolute Gasteiger partial charge is 0.342 e. The highest BCUT2D eigenvalue weighted by atomic mass is 35.5. The predicted molar refractivity (Wildman–Crippen MR) is 113 cm³/mol. The second-order valence-electron chi connectivity index (χ2n) is 7.88. The van der Waals surface area contributed by atoms with Crippen LogP contribution in [-0.2, 0) is 11.3 Å². The van der Waals surface area contributed by atoms with Crippen LogP contribution in [0.15, 0.2) is 30.3 Å². The molecule has 0 radical (unpaired) electrons. The highest BCUT2D eigenvalue weighted by Crippen LogP contribution is 2.24. The van der Waals surface area contributed by atoms with Crippen LogP contribution in [0.1, 0.15) is 24.8 Å². The maximum Gasteiger partial charge on any atom is 0.320 e. The van der Waals surface area contributed by atoms with Gasteiger partial charge in [0.15, 0.2) is 0 Å². The first-order chi connectivity index (χ1) is 13.1. The topological polar surface area (TPSA) is 55.9 Å². The van der Waals surface area contributed by atoms with Gasteiger partial charge in [0.1, 0.15) is 0 Å². The van der Waals surface area contributed by atoms with Gasteiger partial charge in [-0.3, -0.25) is 4.79 Å². The zero-order valence-electron chi connectivity index (χ0n) is 17.0. The lowest BCUT2D eigenvalue weighted by molar-refractivity contribution is -0.135. The van der Waals surface area contributed by atoms with Crippen LogP contribution in [0.2, 0.25) is 0 Å². The van der Waals surface area contributed by atoms with E-state index in [0.717, 1.165) is 44.5 Å². The number of benzene rings is 1. The molecule has 6 nitrogen and oxygen atoms in total. The van der Waals surface area contributed by atoms with Crippen LogP contribution >= 0.6 is 12.4 Å². The average Bonchev–Trinajstić information content (AvgIpc) is 3.16. The van der Waals surface area contributed by atoms with E-state index < -0.39 is 0 Å². The van der Waals surface area contributed by atoms with Crippen LogP contribution in [0.5, 0.6) is 0 Å². The molecule has 0 aromatic heterocycles. The van der Waals surface area contributed by atoms with Crippen molar-refractivity contribution in [2.75, 3.05) is 46.8 Å². The fourth-order valence-corrected chi connectivity index (χ4v) is 4.23. The summed E-state index contributed by atoms with van der Waals surface area (Å²) in [4.78, 5) is 31.2. The van der Waals surface area contributed by atoms with Gasteiger partial charge in [-0.1, -0.05) is 30.3 Å². The number of urea groups is 1. The lowest BCUT2D eigenvalue weighted by Crippen LogP contribution is -2.47. The van der Waals surface area contributed by atoms with Crippen LogP contribution in [-0.4, -0.2) is 73.5 Å². The molecule has 2 saturated heterocycles. The lowest BCUT2D eigenvalue weighted by atomic mass is 9.95. The smallest absolute Gasteiger partial charge is 0.320 e. The first kappa shape index (κ1) is 22.5. The highest BCUT2D eigenvalue weighted by molar-refractivity contribution is 5.85. The van der Waals surface area contributed by atoms with Crippen molar-refractivity contribution in [2.24, 2.45) is 11.8 Å². The highest BCUT2D eigenvalue weighted by Gasteiger charge is 2.34. The number of carbonyl (C=O) groups is 2. The fourth-order valence-electron chi connectivity index (χ4n) is 4.23. The van der Waals surface area contributed by atoms with E-state index in [1.165, 1.54) is 0 Å². The van der Waals surface area contributed by atoms with Gasteiger partial charge in [0, 0.05) is 45.7 Å². The fraction of sp³-hybridized carbons (Fsp3) is 0.619. The van der Waals surface area contributed by atoms with Crippen molar-refractivity contribution >= 4 is 24.3 Å². The molecule has 3 amide bonds. The van der Waals surface area contributed by atoms with E-state index >= 15 is 0 Å². The first-order valence-electron chi connectivity index (χ1n) is 10.1. The maximum absolute atomic E-state index is 12.8. The molecule has 156 valence electrons. The van der Waals surface area contributed by atoms with Crippen LogP contribution in [0.3, 0.4) is 0 Å². The molecule has 0 bridgehead atoms. The van der Waals surface area contributed by atoms with Gasteiger partial charge in [0.25, 0.3) is 0 Å². The van der Waals surface area contributed by atoms with E-state index in [-0.39, 0.29) is 24.4 Å². The van der Waals surface area contributed by atoms with Crippen molar-refractivity contribution in [3.8, 4) is 0 Å². The molecule has 2 aliphatic rings. The molecular weight excluding hydrogens is 376 g/mol. The standard InChI is InChI=1S/C21H32N4O2.ClH/c1-22-14-18-8-11-25(16-18)20(26)19-9-12-24(13-10-19)21(27)23(2)15-17-6-4-3-5-7-17;/h3-7,18-19,22H,8-16H2,1-2H3;1H. The van der Waals surface area contributed by atoms with Crippen LogP contribution < -0.4 is 5.32 Å². The molecule has 2 heterocycles. The normalized spacial score (nSPS) is 20.0. The minimum absolute atomic E-state index is 0. The number of halogens is 1. The molecule has 0 spiro atoms. The van der Waals surface area contributed by atoms with Gasteiger partial charge in [0.05, 0.1) is 0 Å². The van der Waals surface area contributed by atoms with Gasteiger partial charge in [0.2, 0.25) is 5.91 Å². The Morgan fingerprint density at radius 3 is 2.36 bits per heavy atom. The van der Waals surface area contributed by atoms with E-state index in [9.17, 15) is 9.59 Å². The Labute approximate surface area is 174 Å². The lowest BCUT2D eigenvalue weighted by Gasteiger charge is -2.35. The quantitative estimate of drug-likeness (QED) is 0.814. The van der Waals surface area contributed by atoms with Gasteiger partial charge in [-0.25, -0.2) is 4.79 Å². The number of hydrogen-bond acceptors (Lipinski definition) is 3. The summed E-state index contributed by atoms with van der Waals surface area (Å²) in [6, 6.07) is 10.1. The molecule has 1 aromatic carbocycles. The Morgan fingerprint density at radius 1 is 1.07 bits per heavy atom. The molecule has 2 fully saturated rings. The number of likely N-dealkylation sites (tertiary alicyclic amines) is 2. The summed E-state index contributed by atoms with van der Waals surface area (Å²) in [6.45, 7) is 4.68. The van der Waals surface area contributed by atoms with Crippen molar-refractivity contribution in [3.63, 3.8) is 0 Å². The molecule has 0 aliphatic carbocycles. The van der Waals surface area contributed by atoms with E-state index in [4.69, 9.17) is 0 Å². The van der Waals surface area contributed by atoms with Gasteiger partial charge in [-0.2, -0.15) is 0 Å². The van der Waals surface area contributed by atoms with Crippen molar-refractivity contribution in [2.45, 2.75) is 25.8 Å². The molecule has 3 rings (SSSR count). The summed E-state index contributed by atoms with van der Waals surface area (Å²) >= 11 is 0. The van der Waals surface area contributed by atoms with Crippen molar-refractivity contribution in [1.82, 2.24) is 20.0 Å². The number of nitrogens with zero attached hydrogens (tertiary/aromatic N) is 3. The maximum atomic E-state index is 12.8. The summed E-state index contributed by atoms with van der Waals surface area (Å²) in [5, 5.41) is 3.21. The van der Waals surface area contributed by atoms with Gasteiger partial charge >= 0.3 is 6.03 Å². The Balaban J connectivity index is 0.00000280. The Bertz CT molecular complexity index is 635. The van der Waals surface area contributed by atoms with Crippen LogP contribution in [0, 0.1) is 11.8 Å². The number of amides is 3. The van der Waals surface area contributed by atoms with E-state index in [1.54, 1.807) is 4.90 Å². The first-order valence-corrected chi connectivity index (χ1v) is 10.1. The van der Waals surface area contributed by atoms with E-state index in [1.807, 2.05) is 54.2 Å². The summed E-state index contributed by atoms with van der Waals surface area (Å²) in [5.74, 6) is 0.937. The monoisotopic (exact) mass is 408 g/mol. The number of piperidine rings is 1. The third kappa shape index (κ3) is 5.61. The molecule has 0 saturated carbocycles. The molecule has 1 atom stereocenters. The Hall–Kier alpha value is -1.79. The summed E-state index contributed by atoms with van der Waals surface area (Å²) in [5.41, 5.74) is 1.13. The third-order valence-corrected chi connectivity index (χ3v) is 5.79. The van der Waals surface area contributed by atoms with Crippen molar-refractivity contribution in [3.05, 3.63) is 35.9 Å². The zero-order valence-corrected chi connectivity index (χ0v) is 17.8. The van der Waals surface area contributed by atoms with Gasteiger partial charge in [-0.15, -0.1) is 12.4 Å².